The lowest BCUT2D eigenvalue weighted by atomic mass is 10.0. The van der Waals surface area contributed by atoms with Crippen molar-refractivity contribution in [3.8, 4) is 11.1 Å². The van der Waals surface area contributed by atoms with Crippen molar-refractivity contribution >= 4 is 27.4 Å². The average molecular weight is 376 g/mol. The lowest BCUT2D eigenvalue weighted by molar-refractivity contribution is 0.366. The minimum absolute atomic E-state index is 0.478. The average Bonchev–Trinajstić information content (AvgIpc) is 3.38. The normalized spacial score (nSPS) is 15.5. The van der Waals surface area contributed by atoms with Crippen molar-refractivity contribution in [3.63, 3.8) is 0 Å². The Morgan fingerprint density at radius 3 is 2.59 bits per heavy atom. The summed E-state index contributed by atoms with van der Waals surface area (Å²) in [6.45, 7) is 3.96. The van der Waals surface area contributed by atoms with Crippen molar-refractivity contribution in [2.24, 2.45) is 0 Å². The molecule has 0 aliphatic carbocycles. The summed E-state index contributed by atoms with van der Waals surface area (Å²) < 4.78 is 2.10. The maximum absolute atomic E-state index is 4.87. The third-order valence-electron chi connectivity index (χ3n) is 5.27. The first-order chi connectivity index (χ1) is 13.3. The molecule has 4 heterocycles. The van der Waals surface area contributed by atoms with Crippen LogP contribution < -0.4 is 4.90 Å². The number of hydrogen-bond acceptors (Lipinski definition) is 5. The van der Waals surface area contributed by atoms with E-state index in [-0.39, 0.29) is 0 Å². The van der Waals surface area contributed by atoms with Gasteiger partial charge in [0.25, 0.3) is 0 Å². The first kappa shape index (κ1) is 16.4. The molecule has 4 aromatic rings. The van der Waals surface area contributed by atoms with Gasteiger partial charge in [0.2, 0.25) is 0 Å². The molecule has 6 heteroatoms. The molecule has 1 fully saturated rings. The molecule has 0 amide bonds. The van der Waals surface area contributed by atoms with Gasteiger partial charge < -0.3 is 4.90 Å². The van der Waals surface area contributed by atoms with E-state index in [1.807, 2.05) is 19.2 Å². The van der Waals surface area contributed by atoms with Crippen molar-refractivity contribution in [3.05, 3.63) is 60.0 Å². The highest BCUT2D eigenvalue weighted by molar-refractivity contribution is 7.17. The maximum atomic E-state index is 4.87. The first-order valence-electron chi connectivity index (χ1n) is 9.35. The standard InChI is InChI=1S/C21H21N5S/c1-15-23-20(25-12-8-17(9-13-25)26-11-5-10-22-26)19-18(14-27-21(19)24-15)16-6-3-2-4-7-16/h2-7,10-11,14,17H,8-9,12-13H2,1H3. The number of aromatic nitrogens is 4. The molecule has 1 aromatic carbocycles. The topological polar surface area (TPSA) is 46.8 Å². The molecule has 0 saturated carbocycles. The quantitative estimate of drug-likeness (QED) is 0.520. The molecule has 1 aliphatic rings. The van der Waals surface area contributed by atoms with Crippen LogP contribution in [0.5, 0.6) is 0 Å². The van der Waals surface area contributed by atoms with E-state index < -0.39 is 0 Å². The zero-order chi connectivity index (χ0) is 18.2. The Balaban J connectivity index is 1.52. The van der Waals surface area contributed by atoms with Gasteiger partial charge in [0.05, 0.1) is 11.4 Å². The molecule has 136 valence electrons. The minimum Gasteiger partial charge on any atom is -0.356 e. The SMILES string of the molecule is Cc1nc(N2CCC(n3cccn3)CC2)c2c(-c3ccccc3)csc2n1. The number of fused-ring (bicyclic) bond motifs is 1. The van der Waals surface area contributed by atoms with Gasteiger partial charge in [-0.1, -0.05) is 30.3 Å². The molecular formula is C21H21N5S. The van der Waals surface area contributed by atoms with Crippen LogP contribution in [0.3, 0.4) is 0 Å². The monoisotopic (exact) mass is 375 g/mol. The van der Waals surface area contributed by atoms with Crippen LogP contribution in [0.25, 0.3) is 21.3 Å². The maximum Gasteiger partial charge on any atom is 0.141 e. The van der Waals surface area contributed by atoms with Gasteiger partial charge in [0, 0.05) is 36.4 Å². The lowest BCUT2D eigenvalue weighted by Gasteiger charge is -2.33. The number of aryl methyl sites for hydroxylation is 1. The molecule has 0 unspecified atom stereocenters. The number of hydrogen-bond donors (Lipinski definition) is 0. The van der Waals surface area contributed by atoms with Gasteiger partial charge >= 0.3 is 0 Å². The summed E-state index contributed by atoms with van der Waals surface area (Å²) in [7, 11) is 0. The highest BCUT2D eigenvalue weighted by Crippen LogP contribution is 2.39. The third kappa shape index (κ3) is 3.00. The third-order valence-corrected chi connectivity index (χ3v) is 6.15. The Kier molecular flexibility index (Phi) is 4.13. The van der Waals surface area contributed by atoms with Crippen LogP contribution in [0, 0.1) is 6.92 Å². The van der Waals surface area contributed by atoms with Crippen LogP contribution in [0.2, 0.25) is 0 Å². The second-order valence-electron chi connectivity index (χ2n) is 6.99. The molecule has 5 nitrogen and oxygen atoms in total. The predicted octanol–water partition coefficient (Wildman–Crippen LogP) is 4.70. The molecule has 3 aromatic heterocycles. The smallest absolute Gasteiger partial charge is 0.141 e. The highest BCUT2D eigenvalue weighted by atomic mass is 32.1. The fraction of sp³-hybridized carbons (Fsp3) is 0.286. The number of piperidine rings is 1. The summed E-state index contributed by atoms with van der Waals surface area (Å²) in [5.41, 5.74) is 2.46. The Labute approximate surface area is 162 Å². The molecule has 5 rings (SSSR count). The van der Waals surface area contributed by atoms with Crippen LogP contribution in [-0.2, 0) is 0 Å². The van der Waals surface area contributed by atoms with Gasteiger partial charge in [-0.15, -0.1) is 11.3 Å². The van der Waals surface area contributed by atoms with Crippen molar-refractivity contribution in [1.82, 2.24) is 19.7 Å². The highest BCUT2D eigenvalue weighted by Gasteiger charge is 2.25. The summed E-state index contributed by atoms with van der Waals surface area (Å²) in [6, 6.07) is 13.0. The molecule has 1 aliphatic heterocycles. The Morgan fingerprint density at radius 2 is 1.85 bits per heavy atom. The fourth-order valence-corrected chi connectivity index (χ4v) is 4.91. The first-order valence-corrected chi connectivity index (χ1v) is 10.2. The van der Waals surface area contributed by atoms with Gasteiger partial charge in [-0.2, -0.15) is 5.10 Å². The summed E-state index contributed by atoms with van der Waals surface area (Å²) in [6.07, 6.45) is 6.09. The van der Waals surface area contributed by atoms with Crippen LogP contribution in [0.4, 0.5) is 5.82 Å². The van der Waals surface area contributed by atoms with Crippen molar-refractivity contribution in [2.75, 3.05) is 18.0 Å². The molecule has 27 heavy (non-hydrogen) atoms. The van der Waals surface area contributed by atoms with E-state index in [1.165, 1.54) is 16.5 Å². The molecule has 0 atom stereocenters. The lowest BCUT2D eigenvalue weighted by Crippen LogP contribution is -2.35. The number of anilines is 1. The Hall–Kier alpha value is -2.73. The number of rotatable bonds is 3. The van der Waals surface area contributed by atoms with Gasteiger partial charge in [-0.25, -0.2) is 9.97 Å². The van der Waals surface area contributed by atoms with E-state index in [4.69, 9.17) is 9.97 Å². The summed E-state index contributed by atoms with van der Waals surface area (Å²) in [4.78, 5) is 13.1. The molecule has 0 spiro atoms. The number of nitrogens with zero attached hydrogens (tertiary/aromatic N) is 5. The molecular weight excluding hydrogens is 354 g/mol. The zero-order valence-electron chi connectivity index (χ0n) is 15.2. The van der Waals surface area contributed by atoms with Crippen molar-refractivity contribution in [2.45, 2.75) is 25.8 Å². The molecule has 0 bridgehead atoms. The molecule has 1 saturated heterocycles. The van der Waals surface area contributed by atoms with Gasteiger partial charge in [0.15, 0.2) is 0 Å². The molecule has 0 N–H and O–H groups in total. The van der Waals surface area contributed by atoms with E-state index in [9.17, 15) is 0 Å². The van der Waals surface area contributed by atoms with Crippen molar-refractivity contribution < 1.29 is 0 Å². The van der Waals surface area contributed by atoms with Crippen LogP contribution in [0.15, 0.2) is 54.2 Å². The van der Waals surface area contributed by atoms with Crippen LogP contribution >= 0.6 is 11.3 Å². The molecule has 0 radical (unpaired) electrons. The fourth-order valence-electron chi connectivity index (χ4n) is 3.93. The van der Waals surface area contributed by atoms with Gasteiger partial charge in [-0.3, -0.25) is 4.68 Å². The second kappa shape index (κ2) is 6.78. The van der Waals surface area contributed by atoms with E-state index >= 15 is 0 Å². The van der Waals surface area contributed by atoms with E-state index in [0.717, 1.165) is 42.4 Å². The van der Waals surface area contributed by atoms with E-state index in [1.54, 1.807) is 11.3 Å². The van der Waals surface area contributed by atoms with E-state index in [2.05, 4.69) is 56.6 Å². The van der Waals surface area contributed by atoms with Crippen molar-refractivity contribution in [1.29, 1.82) is 0 Å². The summed E-state index contributed by atoms with van der Waals surface area (Å²) >= 11 is 1.71. The largest absolute Gasteiger partial charge is 0.356 e. The van der Waals surface area contributed by atoms with Crippen LogP contribution in [0.1, 0.15) is 24.7 Å². The van der Waals surface area contributed by atoms with E-state index in [0.29, 0.717) is 6.04 Å². The predicted molar refractivity (Wildman–Crippen MR) is 110 cm³/mol. The Bertz CT molecular complexity index is 1050. The van der Waals surface area contributed by atoms with Gasteiger partial charge in [-0.05, 0) is 31.4 Å². The summed E-state index contributed by atoms with van der Waals surface area (Å²) in [5.74, 6) is 1.92. The number of thiophene rings is 1. The summed E-state index contributed by atoms with van der Waals surface area (Å²) in [5, 5.41) is 7.83. The minimum atomic E-state index is 0.478. The second-order valence-corrected chi connectivity index (χ2v) is 7.85. The Morgan fingerprint density at radius 1 is 1.04 bits per heavy atom. The van der Waals surface area contributed by atoms with Gasteiger partial charge in [0.1, 0.15) is 16.5 Å². The van der Waals surface area contributed by atoms with Crippen LogP contribution in [-0.4, -0.2) is 32.8 Å². The zero-order valence-corrected chi connectivity index (χ0v) is 16.1. The number of benzene rings is 1.